The Hall–Kier alpha value is -0.500. The molecule has 1 aromatic rings. The van der Waals surface area contributed by atoms with E-state index in [1.807, 2.05) is 0 Å². The number of benzene rings is 1. The minimum Gasteiger partial charge on any atom is -0.371 e. The first-order valence-electron chi connectivity index (χ1n) is 5.78. The summed E-state index contributed by atoms with van der Waals surface area (Å²) in [7, 11) is 0. The molecular formula is C13H16BrN. The Morgan fingerprint density at radius 2 is 1.53 bits per heavy atom. The highest BCUT2D eigenvalue weighted by Gasteiger charge is 2.44. The molecule has 1 aliphatic carbocycles. The summed E-state index contributed by atoms with van der Waals surface area (Å²) in [5.74, 6) is 0. The predicted octanol–water partition coefficient (Wildman–Crippen LogP) is 3.83. The zero-order chi connectivity index (χ0) is 10.3. The number of hydrogen-bond donors (Lipinski definition) is 0. The molecule has 1 saturated carbocycles. The van der Waals surface area contributed by atoms with Crippen LogP contribution in [-0.2, 0) is 0 Å². The van der Waals surface area contributed by atoms with Gasteiger partial charge < -0.3 is 4.90 Å². The van der Waals surface area contributed by atoms with Crippen LogP contribution >= 0.6 is 15.9 Å². The number of nitrogens with zero attached hydrogens (tertiary/aromatic N) is 1. The number of rotatable bonds is 1. The van der Waals surface area contributed by atoms with E-state index in [0.717, 1.165) is 5.41 Å². The van der Waals surface area contributed by atoms with Gasteiger partial charge in [0.2, 0.25) is 0 Å². The summed E-state index contributed by atoms with van der Waals surface area (Å²) < 4.78 is 1.17. The first kappa shape index (κ1) is 9.71. The molecule has 1 spiro atoms. The van der Waals surface area contributed by atoms with Gasteiger partial charge in [-0.3, -0.25) is 0 Å². The second-order valence-corrected chi connectivity index (χ2v) is 5.88. The zero-order valence-corrected chi connectivity index (χ0v) is 10.5. The maximum atomic E-state index is 3.48. The van der Waals surface area contributed by atoms with Gasteiger partial charge in [0.25, 0.3) is 0 Å². The molecule has 1 aliphatic heterocycles. The molecule has 1 nitrogen and oxygen atoms in total. The molecule has 1 heterocycles. The third kappa shape index (κ3) is 1.92. The highest BCUT2D eigenvalue weighted by Crippen LogP contribution is 2.53. The lowest BCUT2D eigenvalue weighted by atomic mass is 9.93. The summed E-state index contributed by atoms with van der Waals surface area (Å²) in [6.45, 7) is 2.50. The van der Waals surface area contributed by atoms with Crippen molar-refractivity contribution >= 4 is 21.6 Å². The Bertz CT molecular complexity index is 343. The van der Waals surface area contributed by atoms with Crippen molar-refractivity contribution in [2.75, 3.05) is 18.0 Å². The van der Waals surface area contributed by atoms with Crippen molar-refractivity contribution in [3.8, 4) is 0 Å². The van der Waals surface area contributed by atoms with Crippen LogP contribution in [0, 0.1) is 5.41 Å². The lowest BCUT2D eigenvalue weighted by molar-refractivity contribution is 0.384. The van der Waals surface area contributed by atoms with Crippen LogP contribution in [0.3, 0.4) is 0 Å². The van der Waals surface area contributed by atoms with Crippen molar-refractivity contribution in [3.05, 3.63) is 28.7 Å². The Morgan fingerprint density at radius 1 is 0.933 bits per heavy atom. The molecule has 0 atom stereocenters. The fourth-order valence-corrected chi connectivity index (χ4v) is 2.83. The van der Waals surface area contributed by atoms with Gasteiger partial charge >= 0.3 is 0 Å². The quantitative estimate of drug-likeness (QED) is 0.746. The third-order valence-corrected chi connectivity index (χ3v) is 4.50. The summed E-state index contributed by atoms with van der Waals surface area (Å²) in [5.41, 5.74) is 2.17. The fraction of sp³-hybridized carbons (Fsp3) is 0.538. The monoisotopic (exact) mass is 265 g/mol. The third-order valence-electron chi connectivity index (χ3n) is 3.97. The molecule has 0 bridgehead atoms. The molecule has 2 heteroatoms. The summed E-state index contributed by atoms with van der Waals surface area (Å²) in [5, 5.41) is 0. The van der Waals surface area contributed by atoms with Gasteiger partial charge in [-0.2, -0.15) is 0 Å². The summed E-state index contributed by atoms with van der Waals surface area (Å²) in [4.78, 5) is 2.52. The number of halogens is 1. The molecule has 0 radical (unpaired) electrons. The van der Waals surface area contributed by atoms with Gasteiger partial charge in [-0.05, 0) is 55.4 Å². The van der Waals surface area contributed by atoms with Gasteiger partial charge in [-0.25, -0.2) is 0 Å². The first-order valence-corrected chi connectivity index (χ1v) is 6.57. The molecule has 2 fully saturated rings. The van der Waals surface area contributed by atoms with Crippen LogP contribution in [0.5, 0.6) is 0 Å². The number of hydrogen-bond acceptors (Lipinski definition) is 1. The van der Waals surface area contributed by atoms with Crippen LogP contribution in [0.4, 0.5) is 5.69 Å². The molecule has 3 rings (SSSR count). The van der Waals surface area contributed by atoms with Gasteiger partial charge in [0.05, 0.1) is 0 Å². The highest BCUT2D eigenvalue weighted by atomic mass is 79.9. The SMILES string of the molecule is Brc1ccc(N2CCC3(CC2)CC3)cc1. The van der Waals surface area contributed by atoms with Crippen LogP contribution in [0.15, 0.2) is 28.7 Å². The van der Waals surface area contributed by atoms with E-state index in [1.54, 1.807) is 0 Å². The Labute approximate surface area is 99.6 Å². The Kier molecular flexibility index (Phi) is 2.27. The molecule has 0 aromatic heterocycles. The van der Waals surface area contributed by atoms with E-state index in [2.05, 4.69) is 45.1 Å². The fourth-order valence-electron chi connectivity index (χ4n) is 2.57. The van der Waals surface area contributed by atoms with Crippen molar-refractivity contribution in [2.45, 2.75) is 25.7 Å². The minimum absolute atomic E-state index is 0.784. The minimum atomic E-state index is 0.784. The lowest BCUT2D eigenvalue weighted by Gasteiger charge is -2.33. The van der Waals surface area contributed by atoms with Crippen molar-refractivity contribution in [1.82, 2.24) is 0 Å². The van der Waals surface area contributed by atoms with Gasteiger partial charge in [0.1, 0.15) is 0 Å². The molecule has 2 aliphatic rings. The average molecular weight is 266 g/mol. The van der Waals surface area contributed by atoms with Crippen LogP contribution in [-0.4, -0.2) is 13.1 Å². The van der Waals surface area contributed by atoms with Crippen molar-refractivity contribution in [2.24, 2.45) is 5.41 Å². The van der Waals surface area contributed by atoms with Gasteiger partial charge in [-0.15, -0.1) is 0 Å². The van der Waals surface area contributed by atoms with Crippen molar-refractivity contribution in [1.29, 1.82) is 0 Å². The van der Waals surface area contributed by atoms with E-state index < -0.39 is 0 Å². The normalized spacial score (nSPS) is 23.1. The van der Waals surface area contributed by atoms with Gasteiger partial charge in [0.15, 0.2) is 0 Å². The highest BCUT2D eigenvalue weighted by molar-refractivity contribution is 9.10. The lowest BCUT2D eigenvalue weighted by Crippen LogP contribution is -2.34. The van der Waals surface area contributed by atoms with Crippen LogP contribution in [0.25, 0.3) is 0 Å². The molecule has 80 valence electrons. The molecule has 0 amide bonds. The summed E-state index contributed by atoms with van der Waals surface area (Å²) >= 11 is 3.48. The van der Waals surface area contributed by atoms with Crippen LogP contribution < -0.4 is 4.90 Å². The summed E-state index contributed by atoms with van der Waals surface area (Å²) in [6.07, 6.45) is 5.79. The topological polar surface area (TPSA) is 3.24 Å². The smallest absolute Gasteiger partial charge is 0.0366 e. The van der Waals surface area contributed by atoms with Gasteiger partial charge in [0, 0.05) is 23.2 Å². The largest absolute Gasteiger partial charge is 0.371 e. The maximum Gasteiger partial charge on any atom is 0.0366 e. The van der Waals surface area contributed by atoms with Crippen molar-refractivity contribution in [3.63, 3.8) is 0 Å². The summed E-state index contributed by atoms with van der Waals surface area (Å²) in [6, 6.07) is 8.71. The molecule has 0 N–H and O–H groups in total. The van der Waals surface area contributed by atoms with E-state index in [0.29, 0.717) is 0 Å². The Morgan fingerprint density at radius 3 is 2.07 bits per heavy atom. The zero-order valence-electron chi connectivity index (χ0n) is 8.88. The number of anilines is 1. The second-order valence-electron chi connectivity index (χ2n) is 4.96. The van der Waals surface area contributed by atoms with Gasteiger partial charge in [-0.1, -0.05) is 15.9 Å². The predicted molar refractivity (Wildman–Crippen MR) is 67.3 cm³/mol. The van der Waals surface area contributed by atoms with Crippen LogP contribution in [0.1, 0.15) is 25.7 Å². The van der Waals surface area contributed by atoms with E-state index >= 15 is 0 Å². The van der Waals surface area contributed by atoms with Crippen LogP contribution in [0.2, 0.25) is 0 Å². The molecule has 15 heavy (non-hydrogen) atoms. The van der Waals surface area contributed by atoms with E-state index in [-0.39, 0.29) is 0 Å². The average Bonchev–Trinajstić information content (AvgIpc) is 3.01. The first-order chi connectivity index (χ1) is 7.27. The van der Waals surface area contributed by atoms with E-state index in [4.69, 9.17) is 0 Å². The molecule has 0 unspecified atom stereocenters. The molecule has 1 aromatic carbocycles. The molecular weight excluding hydrogens is 250 g/mol. The van der Waals surface area contributed by atoms with E-state index in [9.17, 15) is 0 Å². The molecule has 1 saturated heterocycles. The maximum absolute atomic E-state index is 3.48. The Balaban J connectivity index is 1.70. The standard InChI is InChI=1S/C13H16BrN/c14-11-1-3-12(4-2-11)15-9-7-13(5-6-13)8-10-15/h1-4H,5-10H2. The number of piperidine rings is 1. The second kappa shape index (κ2) is 3.51. The van der Waals surface area contributed by atoms with E-state index in [1.165, 1.54) is 48.9 Å². The van der Waals surface area contributed by atoms with Crippen molar-refractivity contribution < 1.29 is 0 Å².